The molecule has 1 saturated heterocycles. The predicted molar refractivity (Wildman–Crippen MR) is 133 cm³/mol. The van der Waals surface area contributed by atoms with Gasteiger partial charge in [0.2, 0.25) is 5.91 Å². The largest absolute Gasteiger partial charge is 0.372 e. The molecule has 2 aromatic heterocycles. The van der Waals surface area contributed by atoms with Crippen molar-refractivity contribution in [3.8, 4) is 0 Å². The number of rotatable bonds is 9. The second kappa shape index (κ2) is 11.4. The first-order valence-electron chi connectivity index (χ1n) is 12.3. The molecule has 0 radical (unpaired) electrons. The molecular weight excluding hydrogens is 424 g/mol. The molecule has 0 saturated carbocycles. The van der Waals surface area contributed by atoms with E-state index in [-0.39, 0.29) is 5.91 Å². The summed E-state index contributed by atoms with van der Waals surface area (Å²) in [6.45, 7) is 7.06. The highest BCUT2D eigenvalue weighted by molar-refractivity contribution is 5.76. The molecule has 3 aromatic rings. The number of carbonyl (C=O) groups excluding carboxylic acids is 1. The zero-order valence-electron chi connectivity index (χ0n) is 20.7. The predicted octanol–water partition coefficient (Wildman–Crippen LogP) is 4.56. The molecule has 1 fully saturated rings. The first kappa shape index (κ1) is 24.1. The van der Waals surface area contributed by atoms with Crippen molar-refractivity contribution in [2.24, 2.45) is 13.0 Å². The SMILES string of the molecule is Cc1nn(C)c(C)c1CCC(=O)N1CCC(Cc2ccc(COCc3ccncc3)cc2)CC1. The van der Waals surface area contributed by atoms with Gasteiger partial charge in [0.15, 0.2) is 0 Å². The van der Waals surface area contributed by atoms with E-state index < -0.39 is 0 Å². The number of aryl methyl sites for hydroxylation is 2. The molecule has 34 heavy (non-hydrogen) atoms. The van der Waals surface area contributed by atoms with Gasteiger partial charge in [-0.15, -0.1) is 0 Å². The van der Waals surface area contributed by atoms with Crippen LogP contribution in [0.15, 0.2) is 48.8 Å². The van der Waals surface area contributed by atoms with Crippen LogP contribution in [0.1, 0.15) is 52.9 Å². The summed E-state index contributed by atoms with van der Waals surface area (Å²) in [5.74, 6) is 0.915. The molecule has 1 aliphatic rings. The molecule has 6 nitrogen and oxygen atoms in total. The van der Waals surface area contributed by atoms with Gasteiger partial charge >= 0.3 is 0 Å². The third-order valence-electron chi connectivity index (χ3n) is 7.05. The van der Waals surface area contributed by atoms with Gasteiger partial charge in [-0.1, -0.05) is 24.3 Å². The van der Waals surface area contributed by atoms with Gasteiger partial charge < -0.3 is 9.64 Å². The van der Waals surface area contributed by atoms with E-state index in [9.17, 15) is 4.79 Å². The van der Waals surface area contributed by atoms with Gasteiger partial charge in [-0.05, 0) is 79.8 Å². The van der Waals surface area contributed by atoms with Crippen molar-refractivity contribution in [1.82, 2.24) is 19.7 Å². The van der Waals surface area contributed by atoms with Gasteiger partial charge in [-0.2, -0.15) is 5.10 Å². The van der Waals surface area contributed by atoms with Crippen LogP contribution in [-0.2, 0) is 42.6 Å². The van der Waals surface area contributed by atoms with Crippen LogP contribution in [0.25, 0.3) is 0 Å². The Balaban J connectivity index is 1.17. The molecule has 1 aromatic carbocycles. The molecular formula is C28H36N4O2. The number of likely N-dealkylation sites (tertiary alicyclic amines) is 1. The summed E-state index contributed by atoms with van der Waals surface area (Å²) in [5, 5.41) is 4.47. The second-order valence-corrected chi connectivity index (χ2v) is 9.47. The molecule has 1 amide bonds. The van der Waals surface area contributed by atoms with Gasteiger partial charge in [0.1, 0.15) is 0 Å². The number of pyridine rings is 1. The molecule has 0 atom stereocenters. The van der Waals surface area contributed by atoms with Crippen molar-refractivity contribution in [3.05, 3.63) is 82.4 Å². The fraction of sp³-hybridized carbons (Fsp3) is 0.464. The van der Waals surface area contributed by atoms with Crippen LogP contribution >= 0.6 is 0 Å². The molecule has 0 N–H and O–H groups in total. The van der Waals surface area contributed by atoms with E-state index in [0.717, 1.165) is 55.7 Å². The molecule has 180 valence electrons. The van der Waals surface area contributed by atoms with Crippen molar-refractivity contribution >= 4 is 5.91 Å². The molecule has 4 rings (SSSR count). The maximum absolute atomic E-state index is 12.8. The molecule has 0 unspecified atom stereocenters. The van der Waals surface area contributed by atoms with Gasteiger partial charge in [0.25, 0.3) is 0 Å². The van der Waals surface area contributed by atoms with E-state index >= 15 is 0 Å². The number of piperidine rings is 1. The number of ether oxygens (including phenoxy) is 1. The highest BCUT2D eigenvalue weighted by Crippen LogP contribution is 2.23. The summed E-state index contributed by atoms with van der Waals surface area (Å²) in [7, 11) is 1.96. The smallest absolute Gasteiger partial charge is 0.222 e. The van der Waals surface area contributed by atoms with Crippen molar-refractivity contribution in [3.63, 3.8) is 0 Å². The van der Waals surface area contributed by atoms with Crippen molar-refractivity contribution in [2.45, 2.75) is 59.2 Å². The minimum Gasteiger partial charge on any atom is -0.372 e. The molecule has 1 aliphatic heterocycles. The number of carbonyl (C=O) groups is 1. The summed E-state index contributed by atoms with van der Waals surface area (Å²) in [6.07, 6.45) is 8.16. The Kier molecular flexibility index (Phi) is 8.12. The maximum atomic E-state index is 12.8. The number of amides is 1. The molecule has 3 heterocycles. The summed E-state index contributed by atoms with van der Waals surface area (Å²) in [5.41, 5.74) is 7.12. The van der Waals surface area contributed by atoms with Crippen LogP contribution in [0.3, 0.4) is 0 Å². The summed E-state index contributed by atoms with van der Waals surface area (Å²) in [4.78, 5) is 18.9. The lowest BCUT2D eigenvalue weighted by Crippen LogP contribution is -2.39. The Morgan fingerprint density at radius 2 is 1.59 bits per heavy atom. The third kappa shape index (κ3) is 6.32. The van der Waals surface area contributed by atoms with Gasteiger partial charge in [0, 0.05) is 44.6 Å². The zero-order chi connectivity index (χ0) is 23.9. The van der Waals surface area contributed by atoms with Crippen molar-refractivity contribution in [2.75, 3.05) is 13.1 Å². The fourth-order valence-electron chi connectivity index (χ4n) is 4.83. The topological polar surface area (TPSA) is 60.2 Å². The summed E-state index contributed by atoms with van der Waals surface area (Å²) >= 11 is 0. The first-order valence-corrected chi connectivity index (χ1v) is 12.3. The van der Waals surface area contributed by atoms with Crippen LogP contribution in [0, 0.1) is 19.8 Å². The normalized spacial score (nSPS) is 14.5. The Morgan fingerprint density at radius 1 is 0.971 bits per heavy atom. The quantitative estimate of drug-likeness (QED) is 0.470. The minimum atomic E-state index is 0.275. The van der Waals surface area contributed by atoms with E-state index in [0.29, 0.717) is 25.6 Å². The average molecular weight is 461 g/mol. The van der Waals surface area contributed by atoms with E-state index in [4.69, 9.17) is 4.74 Å². The lowest BCUT2D eigenvalue weighted by Gasteiger charge is -2.32. The molecule has 0 aliphatic carbocycles. The Bertz CT molecular complexity index is 1070. The number of benzene rings is 1. The van der Waals surface area contributed by atoms with Crippen LogP contribution < -0.4 is 0 Å². The standard InChI is InChI=1S/C28H36N4O2/c1-21-27(22(2)31(3)30-21)8-9-28(33)32-16-12-24(13-17-32)18-23-4-6-25(7-5-23)19-34-20-26-10-14-29-15-11-26/h4-7,10-11,14-15,24H,8-9,12-13,16-20H2,1-3H3. The van der Waals surface area contributed by atoms with Crippen LogP contribution in [-0.4, -0.2) is 38.7 Å². The Labute approximate surface area is 203 Å². The van der Waals surface area contributed by atoms with Crippen LogP contribution in [0.4, 0.5) is 0 Å². The van der Waals surface area contributed by atoms with Gasteiger partial charge in [-0.25, -0.2) is 0 Å². The van der Waals surface area contributed by atoms with Crippen LogP contribution in [0.5, 0.6) is 0 Å². The Morgan fingerprint density at radius 3 is 2.21 bits per heavy atom. The third-order valence-corrected chi connectivity index (χ3v) is 7.05. The van der Waals surface area contributed by atoms with Gasteiger partial charge in [-0.3, -0.25) is 14.5 Å². The highest BCUT2D eigenvalue weighted by atomic mass is 16.5. The van der Waals surface area contributed by atoms with E-state index in [1.54, 1.807) is 12.4 Å². The number of hydrogen-bond acceptors (Lipinski definition) is 4. The lowest BCUT2D eigenvalue weighted by molar-refractivity contribution is -0.132. The van der Waals surface area contributed by atoms with E-state index in [1.807, 2.05) is 30.8 Å². The summed E-state index contributed by atoms with van der Waals surface area (Å²) < 4.78 is 7.73. The Hall–Kier alpha value is -2.99. The summed E-state index contributed by atoms with van der Waals surface area (Å²) in [6, 6.07) is 12.7. The van der Waals surface area contributed by atoms with Crippen LogP contribution in [0.2, 0.25) is 0 Å². The van der Waals surface area contributed by atoms with Gasteiger partial charge in [0.05, 0.1) is 18.9 Å². The zero-order valence-corrected chi connectivity index (χ0v) is 20.7. The number of hydrogen-bond donors (Lipinski definition) is 0. The molecule has 0 bridgehead atoms. The lowest BCUT2D eigenvalue weighted by atomic mass is 9.89. The molecule has 6 heteroatoms. The number of nitrogens with zero attached hydrogens (tertiary/aromatic N) is 4. The minimum absolute atomic E-state index is 0.275. The van der Waals surface area contributed by atoms with Crippen molar-refractivity contribution < 1.29 is 9.53 Å². The molecule has 0 spiro atoms. The van der Waals surface area contributed by atoms with Crippen molar-refractivity contribution in [1.29, 1.82) is 0 Å². The number of aromatic nitrogens is 3. The fourth-order valence-corrected chi connectivity index (χ4v) is 4.83. The highest BCUT2D eigenvalue weighted by Gasteiger charge is 2.23. The van der Waals surface area contributed by atoms with E-state index in [2.05, 4.69) is 46.2 Å². The average Bonchev–Trinajstić information content (AvgIpc) is 3.10. The van der Waals surface area contributed by atoms with E-state index in [1.165, 1.54) is 16.7 Å². The maximum Gasteiger partial charge on any atom is 0.222 e. The first-order chi connectivity index (χ1) is 16.5. The monoisotopic (exact) mass is 460 g/mol. The second-order valence-electron chi connectivity index (χ2n) is 9.47.